The van der Waals surface area contributed by atoms with Gasteiger partial charge in [-0.25, -0.2) is 0 Å². The van der Waals surface area contributed by atoms with Crippen LogP contribution in [-0.2, 0) is 0 Å². The van der Waals surface area contributed by atoms with Crippen LogP contribution in [0.25, 0.3) is 11.3 Å². The van der Waals surface area contributed by atoms with Crippen LogP contribution in [0.4, 0.5) is 0 Å². The first-order valence-electron chi connectivity index (χ1n) is 8.18. The number of halogens is 1. The zero-order chi connectivity index (χ0) is 19.0. The predicted octanol–water partition coefficient (Wildman–Crippen LogP) is 4.07. The molecule has 1 aromatic heterocycles. The molecule has 2 heterocycles. The van der Waals surface area contributed by atoms with Crippen molar-refractivity contribution in [3.63, 3.8) is 0 Å². The number of nitrogens with one attached hydrogen (secondary N) is 1. The Morgan fingerprint density at radius 2 is 2.04 bits per heavy atom. The molecule has 3 N–H and O–H groups in total. The van der Waals surface area contributed by atoms with Crippen LogP contribution in [0.15, 0.2) is 64.5 Å². The van der Waals surface area contributed by atoms with E-state index >= 15 is 0 Å². The Bertz CT molecular complexity index is 1080. The molecule has 0 bridgehead atoms. The summed E-state index contributed by atoms with van der Waals surface area (Å²) < 4.78 is 11.7. The van der Waals surface area contributed by atoms with Crippen molar-refractivity contribution in [2.75, 3.05) is 7.11 Å². The van der Waals surface area contributed by atoms with Gasteiger partial charge in [0.15, 0.2) is 0 Å². The van der Waals surface area contributed by atoms with Crippen molar-refractivity contribution < 1.29 is 9.47 Å². The van der Waals surface area contributed by atoms with E-state index in [2.05, 4.69) is 32.2 Å². The van der Waals surface area contributed by atoms with Crippen LogP contribution < -0.4 is 15.2 Å². The number of ether oxygens (including phenoxy) is 2. The molecule has 1 aliphatic rings. The first kappa shape index (κ1) is 17.2. The van der Waals surface area contributed by atoms with Crippen molar-refractivity contribution in [1.82, 2.24) is 10.2 Å². The van der Waals surface area contributed by atoms with Gasteiger partial charge in [-0.2, -0.15) is 5.26 Å². The molecule has 4 rings (SSSR count). The smallest absolute Gasteiger partial charge is 0.244 e. The highest BCUT2D eigenvalue weighted by molar-refractivity contribution is 9.10. The Balaban J connectivity index is 1.94. The van der Waals surface area contributed by atoms with E-state index in [-0.39, 0.29) is 5.88 Å². The Morgan fingerprint density at radius 3 is 2.70 bits per heavy atom. The Labute approximate surface area is 164 Å². The van der Waals surface area contributed by atoms with E-state index in [1.165, 1.54) is 0 Å². The molecular weight excluding hydrogens is 408 g/mol. The van der Waals surface area contributed by atoms with Crippen molar-refractivity contribution >= 4 is 15.9 Å². The zero-order valence-corrected chi connectivity index (χ0v) is 15.9. The average Bonchev–Trinajstić information content (AvgIpc) is 3.10. The van der Waals surface area contributed by atoms with Crippen LogP contribution in [-0.4, -0.2) is 17.3 Å². The third-order valence-corrected chi connectivity index (χ3v) is 5.13. The molecule has 3 aromatic rings. The van der Waals surface area contributed by atoms with Crippen molar-refractivity contribution in [1.29, 1.82) is 5.26 Å². The molecule has 0 saturated carbocycles. The monoisotopic (exact) mass is 422 g/mol. The number of methoxy groups -OCH3 is 1. The second kappa shape index (κ2) is 6.82. The number of allylic oxidation sites excluding steroid dienone is 1. The van der Waals surface area contributed by atoms with E-state index in [9.17, 15) is 5.26 Å². The summed E-state index contributed by atoms with van der Waals surface area (Å²) in [7, 11) is 1.61. The number of benzene rings is 2. The minimum absolute atomic E-state index is 0.0630. The third kappa shape index (κ3) is 2.84. The summed E-state index contributed by atoms with van der Waals surface area (Å²) in [6.45, 7) is 0. The molecule has 1 aliphatic heterocycles. The lowest BCUT2D eigenvalue weighted by atomic mass is 9.83. The van der Waals surface area contributed by atoms with Gasteiger partial charge in [-0.3, -0.25) is 5.10 Å². The Morgan fingerprint density at radius 1 is 1.26 bits per heavy atom. The van der Waals surface area contributed by atoms with Gasteiger partial charge in [0.1, 0.15) is 17.4 Å². The van der Waals surface area contributed by atoms with Crippen molar-refractivity contribution in [2.45, 2.75) is 5.92 Å². The zero-order valence-electron chi connectivity index (χ0n) is 14.4. The molecule has 0 amide bonds. The van der Waals surface area contributed by atoms with E-state index in [1.54, 1.807) is 7.11 Å². The Hall–Kier alpha value is -3.24. The maximum Gasteiger partial charge on any atom is 0.244 e. The number of fused-ring (bicyclic) bond motifs is 1. The molecule has 0 saturated heterocycles. The van der Waals surface area contributed by atoms with Gasteiger partial charge in [0.25, 0.3) is 0 Å². The van der Waals surface area contributed by atoms with Gasteiger partial charge < -0.3 is 15.2 Å². The van der Waals surface area contributed by atoms with Gasteiger partial charge in [0.05, 0.1) is 28.8 Å². The largest absolute Gasteiger partial charge is 0.496 e. The van der Waals surface area contributed by atoms with E-state index in [4.69, 9.17) is 15.2 Å². The summed E-state index contributed by atoms with van der Waals surface area (Å²) in [4.78, 5) is 0. The number of rotatable bonds is 3. The molecule has 1 unspecified atom stereocenters. The standard InChI is InChI=1S/C20H15BrN4O2/c1-26-15-8-7-12(9-14(15)21)16-13(10-22)19(23)27-20-17(16)18(24-25-20)11-5-3-2-4-6-11/h2-9,16H,23H2,1H3,(H,24,25). The lowest BCUT2D eigenvalue weighted by molar-refractivity contribution is 0.379. The summed E-state index contributed by atoms with van der Waals surface area (Å²) in [6.07, 6.45) is 0. The fraction of sp³-hybridized carbons (Fsp3) is 0.100. The number of aromatic amines is 1. The Kier molecular flexibility index (Phi) is 4.34. The topological polar surface area (TPSA) is 96.9 Å². The molecule has 0 fully saturated rings. The lowest BCUT2D eigenvalue weighted by Gasteiger charge is -2.24. The average molecular weight is 423 g/mol. The molecule has 0 radical (unpaired) electrons. The number of nitrogens with two attached hydrogens (primary N) is 1. The van der Waals surface area contributed by atoms with Crippen LogP contribution >= 0.6 is 15.9 Å². The van der Waals surface area contributed by atoms with E-state index in [0.29, 0.717) is 17.2 Å². The molecule has 6 nitrogen and oxygen atoms in total. The molecular formula is C20H15BrN4O2. The number of hydrogen-bond acceptors (Lipinski definition) is 5. The third-order valence-electron chi connectivity index (χ3n) is 4.51. The predicted molar refractivity (Wildman–Crippen MR) is 104 cm³/mol. The minimum atomic E-state index is -0.407. The number of nitriles is 1. The van der Waals surface area contributed by atoms with Gasteiger partial charge >= 0.3 is 0 Å². The molecule has 1 atom stereocenters. The number of nitrogens with zero attached hydrogens (tertiary/aromatic N) is 2. The SMILES string of the molecule is COc1ccc(C2C(C#N)=C(N)Oc3n[nH]c(-c4ccccc4)c32)cc1Br. The van der Waals surface area contributed by atoms with E-state index in [1.807, 2.05) is 48.5 Å². The molecule has 27 heavy (non-hydrogen) atoms. The van der Waals surface area contributed by atoms with Gasteiger partial charge in [-0.15, -0.1) is 5.10 Å². The summed E-state index contributed by atoms with van der Waals surface area (Å²) in [5.74, 6) is 0.738. The summed E-state index contributed by atoms with van der Waals surface area (Å²) in [5.41, 5.74) is 9.77. The highest BCUT2D eigenvalue weighted by Gasteiger charge is 2.35. The van der Waals surface area contributed by atoms with Crippen LogP contribution in [0.2, 0.25) is 0 Å². The first-order valence-corrected chi connectivity index (χ1v) is 8.98. The maximum atomic E-state index is 9.75. The maximum absolute atomic E-state index is 9.75. The first-order chi connectivity index (χ1) is 13.1. The highest BCUT2D eigenvalue weighted by atomic mass is 79.9. The number of H-pyrrole nitrogens is 1. The molecule has 0 spiro atoms. The van der Waals surface area contributed by atoms with Crippen molar-refractivity contribution in [3.05, 3.63) is 75.6 Å². The van der Waals surface area contributed by atoms with Crippen LogP contribution in [0, 0.1) is 11.3 Å². The van der Waals surface area contributed by atoms with Crippen LogP contribution in [0.3, 0.4) is 0 Å². The van der Waals surface area contributed by atoms with Gasteiger partial charge in [-0.05, 0) is 39.2 Å². The molecule has 2 aromatic carbocycles. The second-order valence-electron chi connectivity index (χ2n) is 6.00. The van der Waals surface area contributed by atoms with Gasteiger partial charge in [0.2, 0.25) is 11.8 Å². The van der Waals surface area contributed by atoms with Crippen molar-refractivity contribution in [2.24, 2.45) is 5.73 Å². The number of hydrogen-bond donors (Lipinski definition) is 2. The summed E-state index contributed by atoms with van der Waals surface area (Å²) in [5, 5.41) is 17.1. The lowest BCUT2D eigenvalue weighted by Crippen LogP contribution is -2.21. The van der Waals surface area contributed by atoms with Gasteiger partial charge in [0, 0.05) is 0 Å². The minimum Gasteiger partial charge on any atom is -0.496 e. The fourth-order valence-corrected chi connectivity index (χ4v) is 3.82. The second-order valence-corrected chi connectivity index (χ2v) is 6.86. The van der Waals surface area contributed by atoms with Gasteiger partial charge in [-0.1, -0.05) is 36.4 Å². The summed E-state index contributed by atoms with van der Waals surface area (Å²) >= 11 is 3.52. The van der Waals surface area contributed by atoms with Crippen molar-refractivity contribution in [3.8, 4) is 29.0 Å². The summed E-state index contributed by atoms with van der Waals surface area (Å²) in [6, 6.07) is 17.7. The number of aromatic nitrogens is 2. The fourth-order valence-electron chi connectivity index (χ4n) is 3.27. The quantitative estimate of drug-likeness (QED) is 0.662. The van der Waals surface area contributed by atoms with Crippen LogP contribution in [0.5, 0.6) is 11.6 Å². The highest BCUT2D eigenvalue weighted by Crippen LogP contribution is 2.46. The van der Waals surface area contributed by atoms with Crippen LogP contribution in [0.1, 0.15) is 17.0 Å². The normalized spacial score (nSPS) is 15.7. The molecule has 0 aliphatic carbocycles. The molecule has 7 heteroatoms. The van der Waals surface area contributed by atoms with E-state index < -0.39 is 5.92 Å². The molecule has 134 valence electrons. The van der Waals surface area contributed by atoms with E-state index in [0.717, 1.165) is 26.9 Å².